The summed E-state index contributed by atoms with van der Waals surface area (Å²) in [5.41, 5.74) is 3.00. The lowest BCUT2D eigenvalue weighted by molar-refractivity contribution is 0.102. The van der Waals surface area contributed by atoms with Gasteiger partial charge in [-0.1, -0.05) is 70.2 Å². The molecule has 0 bridgehead atoms. The number of thioether (sulfide) groups is 1. The molecule has 2 aromatic carbocycles. The summed E-state index contributed by atoms with van der Waals surface area (Å²) >= 11 is 6.26. The molecule has 7 heteroatoms. The number of ketones is 1. The van der Waals surface area contributed by atoms with Crippen LogP contribution in [0.15, 0.2) is 68.9 Å². The Balaban J connectivity index is 1.49. The van der Waals surface area contributed by atoms with Gasteiger partial charge in [0.05, 0.1) is 5.75 Å². The molecule has 0 radical (unpaired) electrons. The Morgan fingerprint density at radius 2 is 1.87 bits per heavy atom. The number of hydrogen-bond donors (Lipinski definition) is 0. The Hall–Kier alpha value is -2.22. The Morgan fingerprint density at radius 1 is 1.10 bits per heavy atom. The van der Waals surface area contributed by atoms with E-state index in [2.05, 4.69) is 37.6 Å². The van der Waals surface area contributed by atoms with Gasteiger partial charge in [-0.2, -0.15) is 0 Å². The minimum atomic E-state index is -0.0644. The molecule has 0 fully saturated rings. The van der Waals surface area contributed by atoms with Gasteiger partial charge in [0.1, 0.15) is 15.0 Å². The summed E-state index contributed by atoms with van der Waals surface area (Å²) in [4.78, 5) is 31.9. The molecule has 5 rings (SSSR count). The molecule has 0 amide bonds. The highest BCUT2D eigenvalue weighted by molar-refractivity contribution is 9.10. The maximum atomic E-state index is 13.3. The van der Waals surface area contributed by atoms with Crippen molar-refractivity contribution in [3.63, 3.8) is 0 Å². The molecule has 0 unspecified atom stereocenters. The van der Waals surface area contributed by atoms with E-state index >= 15 is 0 Å². The normalized spacial score (nSPS) is 12.9. The minimum Gasteiger partial charge on any atom is -0.334 e. The number of fused-ring (bicyclic) bond motifs is 1. The predicted molar refractivity (Wildman–Crippen MR) is 128 cm³/mol. The lowest BCUT2D eigenvalue weighted by Gasteiger charge is -2.13. The van der Waals surface area contributed by atoms with Crippen molar-refractivity contribution in [2.24, 2.45) is 0 Å². The van der Waals surface area contributed by atoms with Crippen LogP contribution < -0.4 is 5.43 Å². The third-order valence-electron chi connectivity index (χ3n) is 5.46. The maximum absolute atomic E-state index is 13.3. The summed E-state index contributed by atoms with van der Waals surface area (Å²) in [6.45, 7) is 0.663. The van der Waals surface area contributed by atoms with E-state index in [1.54, 1.807) is 23.5 Å². The predicted octanol–water partition coefficient (Wildman–Crippen LogP) is 5.30. The van der Waals surface area contributed by atoms with Gasteiger partial charge in [0, 0.05) is 27.2 Å². The SMILES string of the molecule is O=C(CSc1nc2sc3c(n(Cc4ccccc4)c=2c1=O)CCC3)c1ccc(Br)cc1. The van der Waals surface area contributed by atoms with Crippen LogP contribution in [0, 0.1) is 10.0 Å². The zero-order chi connectivity index (χ0) is 21.4. The van der Waals surface area contributed by atoms with Crippen LogP contribution in [0.25, 0.3) is 0 Å². The van der Waals surface area contributed by atoms with Crippen molar-refractivity contribution in [1.29, 1.82) is 0 Å². The van der Waals surface area contributed by atoms with E-state index in [0.29, 0.717) is 22.5 Å². The number of aromatic nitrogens is 2. The Bertz CT molecular complexity index is 1380. The summed E-state index contributed by atoms with van der Waals surface area (Å²) in [5, 5.41) is 1.09. The van der Waals surface area contributed by atoms with Crippen LogP contribution in [0.1, 0.15) is 32.9 Å². The molecule has 2 aliphatic heterocycles. The topological polar surface area (TPSA) is 52.0 Å². The molecule has 31 heavy (non-hydrogen) atoms. The number of halogens is 1. The smallest absolute Gasteiger partial charge is 0.237 e. The summed E-state index contributed by atoms with van der Waals surface area (Å²) in [5.74, 6) is 0.191. The summed E-state index contributed by atoms with van der Waals surface area (Å²) in [6.07, 6.45) is 3.14. The van der Waals surface area contributed by atoms with Gasteiger partial charge in [0.25, 0.3) is 0 Å². The number of benzene rings is 2. The monoisotopic (exact) mass is 510 g/mol. The lowest BCUT2D eigenvalue weighted by atomic mass is 10.2. The van der Waals surface area contributed by atoms with Gasteiger partial charge < -0.3 is 4.57 Å². The van der Waals surface area contributed by atoms with E-state index in [-0.39, 0.29) is 17.0 Å². The first-order valence-electron chi connectivity index (χ1n) is 10.1. The molecule has 0 atom stereocenters. The van der Waals surface area contributed by atoms with E-state index < -0.39 is 0 Å². The fraction of sp³-hybridized carbons (Fsp3) is 0.208. The van der Waals surface area contributed by atoms with E-state index in [9.17, 15) is 9.59 Å². The van der Waals surface area contributed by atoms with Gasteiger partial charge in [-0.15, -0.1) is 11.3 Å². The molecule has 3 aliphatic rings. The average Bonchev–Trinajstić information content (AvgIpc) is 3.37. The fourth-order valence-electron chi connectivity index (χ4n) is 3.94. The second-order valence-electron chi connectivity index (χ2n) is 7.52. The van der Waals surface area contributed by atoms with E-state index in [1.807, 2.05) is 30.3 Å². The molecular formula is C24H19BrN2O2S2. The van der Waals surface area contributed by atoms with Crippen LogP contribution in [-0.4, -0.2) is 21.1 Å². The van der Waals surface area contributed by atoms with Gasteiger partial charge in [0.15, 0.2) is 5.78 Å². The Kier molecular flexibility index (Phi) is 5.82. The first-order valence-corrected chi connectivity index (χ1v) is 12.7. The van der Waals surface area contributed by atoms with Crippen molar-refractivity contribution in [1.82, 2.24) is 9.55 Å². The van der Waals surface area contributed by atoms with E-state index in [0.717, 1.165) is 28.4 Å². The number of rotatable bonds is 6. The molecule has 4 nitrogen and oxygen atoms in total. The molecule has 1 aliphatic carbocycles. The lowest BCUT2D eigenvalue weighted by Crippen LogP contribution is -2.15. The Labute approximate surface area is 196 Å². The quantitative estimate of drug-likeness (QED) is 0.260. The summed E-state index contributed by atoms with van der Waals surface area (Å²) in [6, 6.07) is 17.5. The third kappa shape index (κ3) is 4.14. The van der Waals surface area contributed by atoms with Crippen LogP contribution in [-0.2, 0) is 19.4 Å². The molecule has 2 aromatic rings. The number of nitrogens with zero attached hydrogens (tertiary/aromatic N) is 2. The molecule has 156 valence electrons. The van der Waals surface area contributed by atoms with Crippen molar-refractivity contribution >= 4 is 44.8 Å². The van der Waals surface area contributed by atoms with Crippen molar-refractivity contribution < 1.29 is 4.79 Å². The number of carbonyl (C=O) groups excluding carboxylic acids is 1. The zero-order valence-electron chi connectivity index (χ0n) is 16.6. The first-order chi connectivity index (χ1) is 15.1. The van der Waals surface area contributed by atoms with Gasteiger partial charge in [0.2, 0.25) is 5.43 Å². The van der Waals surface area contributed by atoms with E-state index in [4.69, 9.17) is 0 Å². The highest BCUT2D eigenvalue weighted by Gasteiger charge is 2.21. The number of carbonyl (C=O) groups is 1. The standard InChI is InChI=1S/C24H19BrN2O2S2/c25-17-11-9-16(10-12-17)19(28)14-30-24-22(29)21-23(26-24)31-20-8-4-7-18(20)27(21)13-15-5-2-1-3-6-15/h1-3,5-6,9-12H,4,7-8,13-14H2. The Morgan fingerprint density at radius 3 is 2.65 bits per heavy atom. The fourth-order valence-corrected chi connectivity index (χ4v) is 6.33. The van der Waals surface area contributed by atoms with Gasteiger partial charge >= 0.3 is 0 Å². The van der Waals surface area contributed by atoms with Gasteiger partial charge in [-0.05, 0) is 37.0 Å². The van der Waals surface area contributed by atoms with Gasteiger partial charge in [-0.25, -0.2) is 4.98 Å². The highest BCUT2D eigenvalue weighted by Crippen LogP contribution is 2.28. The van der Waals surface area contributed by atoms with Gasteiger partial charge in [-0.3, -0.25) is 9.59 Å². The van der Waals surface area contributed by atoms with Crippen LogP contribution in [0.3, 0.4) is 0 Å². The molecule has 0 saturated heterocycles. The van der Waals surface area contributed by atoms with Crippen molar-refractivity contribution in [3.8, 4) is 0 Å². The second kappa shape index (κ2) is 8.73. The number of aryl methyl sites for hydroxylation is 1. The first kappa shape index (κ1) is 20.7. The summed E-state index contributed by atoms with van der Waals surface area (Å²) in [7, 11) is 0. The van der Waals surface area contributed by atoms with Crippen molar-refractivity contribution in [2.75, 3.05) is 5.75 Å². The highest BCUT2D eigenvalue weighted by atomic mass is 79.9. The average molecular weight is 511 g/mol. The van der Waals surface area contributed by atoms with Crippen LogP contribution in [0.4, 0.5) is 0 Å². The largest absolute Gasteiger partial charge is 0.334 e. The molecule has 0 aromatic heterocycles. The van der Waals surface area contributed by atoms with Crippen molar-refractivity contribution in [2.45, 2.75) is 30.8 Å². The van der Waals surface area contributed by atoms with Crippen LogP contribution in [0.2, 0.25) is 0 Å². The van der Waals surface area contributed by atoms with E-state index in [1.165, 1.54) is 27.9 Å². The van der Waals surface area contributed by atoms with Crippen LogP contribution in [0.5, 0.6) is 0 Å². The number of hydrogen-bond acceptors (Lipinski definition) is 5. The molecule has 0 spiro atoms. The maximum Gasteiger partial charge on any atom is 0.237 e. The second-order valence-corrected chi connectivity index (χ2v) is 10.5. The molecule has 0 N–H and O–H groups in total. The molecular weight excluding hydrogens is 492 g/mol. The van der Waals surface area contributed by atoms with Crippen molar-refractivity contribution in [3.05, 3.63) is 101 Å². The zero-order valence-corrected chi connectivity index (χ0v) is 19.9. The summed E-state index contributed by atoms with van der Waals surface area (Å²) < 4.78 is 3.87. The number of Topliss-reactive ketones (excluding diaryl/α,β-unsaturated/α-hetero) is 1. The molecule has 2 heterocycles. The van der Waals surface area contributed by atoms with Crippen LogP contribution >= 0.6 is 39.0 Å². The third-order valence-corrected chi connectivity index (χ3v) is 8.11. The molecule has 0 saturated carbocycles. The minimum absolute atomic E-state index is 0.00714.